The molecule has 3 unspecified atom stereocenters. The molecule has 0 aliphatic carbocycles. The molecular weight excluding hydrogens is 330 g/mol. The SMILES string of the molecule is CCC1(CC(N=O)C(=O)O)CCCN2CCc3c([nH]c4ccccc34)C21. The van der Waals surface area contributed by atoms with Crippen LogP contribution in [0.25, 0.3) is 10.9 Å². The number of carbonyl (C=O) groups is 1. The van der Waals surface area contributed by atoms with E-state index in [0.717, 1.165) is 44.3 Å². The molecular formula is C20H25N3O3. The first-order valence-electron chi connectivity index (χ1n) is 9.48. The standard InChI is InChI=1S/C20H25N3O3/c1-2-20(12-16(22-26)19(24)25)9-5-10-23-11-8-14-13-6-3-4-7-15(13)21-17(14)18(20)23/h3-4,6-7,16,18,21H,2,5,8-12H2,1H3,(H,24,25). The van der Waals surface area contributed by atoms with Gasteiger partial charge in [0, 0.05) is 23.1 Å². The van der Waals surface area contributed by atoms with Crippen molar-refractivity contribution in [1.82, 2.24) is 9.88 Å². The molecule has 138 valence electrons. The molecule has 6 nitrogen and oxygen atoms in total. The van der Waals surface area contributed by atoms with E-state index in [1.54, 1.807) is 0 Å². The predicted octanol–water partition coefficient (Wildman–Crippen LogP) is 3.87. The van der Waals surface area contributed by atoms with Gasteiger partial charge in [0.25, 0.3) is 0 Å². The Morgan fingerprint density at radius 2 is 2.23 bits per heavy atom. The summed E-state index contributed by atoms with van der Waals surface area (Å²) in [5.41, 5.74) is 3.46. The lowest BCUT2D eigenvalue weighted by molar-refractivity contribution is -0.140. The Balaban J connectivity index is 1.82. The highest BCUT2D eigenvalue weighted by molar-refractivity contribution is 5.85. The van der Waals surface area contributed by atoms with Crippen molar-refractivity contribution in [2.45, 2.75) is 51.1 Å². The number of aromatic amines is 1. The maximum Gasteiger partial charge on any atom is 0.332 e. The molecule has 2 aromatic rings. The Morgan fingerprint density at radius 1 is 1.42 bits per heavy atom. The van der Waals surface area contributed by atoms with Crippen molar-refractivity contribution in [3.63, 3.8) is 0 Å². The number of rotatable bonds is 5. The van der Waals surface area contributed by atoms with Crippen LogP contribution in [0, 0.1) is 10.3 Å². The maximum atomic E-state index is 11.5. The fourth-order valence-electron chi connectivity index (χ4n) is 5.28. The van der Waals surface area contributed by atoms with Gasteiger partial charge in [0.1, 0.15) is 0 Å². The second-order valence-corrected chi connectivity index (χ2v) is 7.73. The van der Waals surface area contributed by atoms with E-state index in [4.69, 9.17) is 0 Å². The van der Waals surface area contributed by atoms with Gasteiger partial charge in [-0.05, 0) is 55.7 Å². The van der Waals surface area contributed by atoms with Gasteiger partial charge < -0.3 is 10.1 Å². The first-order valence-corrected chi connectivity index (χ1v) is 9.48. The largest absolute Gasteiger partial charge is 0.480 e. The van der Waals surface area contributed by atoms with E-state index in [0.29, 0.717) is 6.42 Å². The molecule has 1 fully saturated rings. The number of hydrogen-bond donors (Lipinski definition) is 2. The number of piperidine rings is 1. The lowest BCUT2D eigenvalue weighted by Crippen LogP contribution is -2.50. The number of nitroso groups, excluding NO2 is 1. The van der Waals surface area contributed by atoms with Crippen molar-refractivity contribution in [3.05, 3.63) is 40.4 Å². The van der Waals surface area contributed by atoms with Crippen molar-refractivity contribution in [2.75, 3.05) is 13.1 Å². The van der Waals surface area contributed by atoms with Crippen LogP contribution in [0.15, 0.2) is 29.4 Å². The zero-order valence-corrected chi connectivity index (χ0v) is 15.1. The molecule has 1 aromatic carbocycles. The third-order valence-corrected chi connectivity index (χ3v) is 6.55. The van der Waals surface area contributed by atoms with E-state index in [1.165, 1.54) is 16.6 Å². The van der Waals surface area contributed by atoms with E-state index < -0.39 is 12.0 Å². The molecule has 26 heavy (non-hydrogen) atoms. The number of H-pyrrole nitrogens is 1. The van der Waals surface area contributed by atoms with Gasteiger partial charge in [0.05, 0.1) is 6.04 Å². The van der Waals surface area contributed by atoms with Crippen LogP contribution in [0.3, 0.4) is 0 Å². The predicted molar refractivity (Wildman–Crippen MR) is 100 cm³/mol. The molecule has 2 N–H and O–H groups in total. The van der Waals surface area contributed by atoms with E-state index in [2.05, 4.69) is 40.2 Å². The van der Waals surface area contributed by atoms with Crippen LogP contribution in [0.1, 0.15) is 49.9 Å². The van der Waals surface area contributed by atoms with Crippen LogP contribution in [0.4, 0.5) is 0 Å². The summed E-state index contributed by atoms with van der Waals surface area (Å²) in [6, 6.07) is 7.30. The smallest absolute Gasteiger partial charge is 0.332 e. The average Bonchev–Trinajstić information content (AvgIpc) is 3.04. The number of fused-ring (bicyclic) bond motifs is 5. The van der Waals surface area contributed by atoms with Gasteiger partial charge in [-0.25, -0.2) is 4.79 Å². The molecule has 3 atom stereocenters. The van der Waals surface area contributed by atoms with Crippen LogP contribution >= 0.6 is 0 Å². The van der Waals surface area contributed by atoms with Gasteiger partial charge in [-0.1, -0.05) is 30.3 Å². The van der Waals surface area contributed by atoms with Crippen molar-refractivity contribution in [2.24, 2.45) is 10.6 Å². The number of hydrogen-bond acceptors (Lipinski definition) is 4. The topological polar surface area (TPSA) is 85.8 Å². The number of carboxylic acid groups (broad SMARTS) is 1. The second kappa shape index (κ2) is 6.50. The lowest BCUT2D eigenvalue weighted by Gasteiger charge is -2.52. The van der Waals surface area contributed by atoms with Crippen LogP contribution < -0.4 is 0 Å². The van der Waals surface area contributed by atoms with Gasteiger partial charge in [0.2, 0.25) is 0 Å². The number of nitrogens with zero attached hydrogens (tertiary/aromatic N) is 2. The van der Waals surface area contributed by atoms with Gasteiger partial charge in [0.15, 0.2) is 6.04 Å². The van der Waals surface area contributed by atoms with Crippen molar-refractivity contribution in [3.8, 4) is 0 Å². The third kappa shape index (κ3) is 2.55. The monoisotopic (exact) mass is 355 g/mol. The molecule has 0 spiro atoms. The molecule has 6 heteroatoms. The number of para-hydroxylation sites is 1. The molecule has 4 rings (SSSR count). The van der Waals surface area contributed by atoms with Crippen LogP contribution in [0.5, 0.6) is 0 Å². The molecule has 3 heterocycles. The first kappa shape index (κ1) is 17.2. The van der Waals surface area contributed by atoms with Gasteiger partial charge in [-0.3, -0.25) is 4.90 Å². The van der Waals surface area contributed by atoms with E-state index >= 15 is 0 Å². The minimum Gasteiger partial charge on any atom is -0.480 e. The summed E-state index contributed by atoms with van der Waals surface area (Å²) >= 11 is 0. The normalized spacial score (nSPS) is 26.9. The van der Waals surface area contributed by atoms with Crippen LogP contribution in [-0.4, -0.2) is 40.1 Å². The highest BCUT2D eigenvalue weighted by Crippen LogP contribution is 2.54. The number of aromatic nitrogens is 1. The summed E-state index contributed by atoms with van der Waals surface area (Å²) in [6.45, 7) is 4.12. The summed E-state index contributed by atoms with van der Waals surface area (Å²) in [5, 5.41) is 13.6. The highest BCUT2D eigenvalue weighted by Gasteiger charge is 2.49. The Labute approximate surface area is 152 Å². The minimum atomic E-state index is -1.18. The molecule has 2 aliphatic heterocycles. The fraction of sp³-hybridized carbons (Fsp3) is 0.550. The Bertz CT molecular complexity index is 846. The molecule has 0 saturated carbocycles. The van der Waals surface area contributed by atoms with Crippen LogP contribution in [-0.2, 0) is 11.2 Å². The first-order chi connectivity index (χ1) is 12.6. The summed E-state index contributed by atoms with van der Waals surface area (Å²) in [6.07, 6.45) is 4.11. The quantitative estimate of drug-likeness (QED) is 0.797. The zero-order valence-electron chi connectivity index (χ0n) is 15.1. The summed E-state index contributed by atoms with van der Waals surface area (Å²) < 4.78 is 0. The minimum absolute atomic E-state index is 0.126. The van der Waals surface area contributed by atoms with Crippen LogP contribution in [0.2, 0.25) is 0 Å². The van der Waals surface area contributed by atoms with Crippen molar-refractivity contribution in [1.29, 1.82) is 0 Å². The Morgan fingerprint density at radius 3 is 2.96 bits per heavy atom. The second-order valence-electron chi connectivity index (χ2n) is 7.73. The molecule has 0 radical (unpaired) electrons. The lowest BCUT2D eigenvalue weighted by atomic mass is 9.65. The van der Waals surface area contributed by atoms with E-state index in [-0.39, 0.29) is 11.5 Å². The molecule has 2 aliphatic rings. The molecule has 0 amide bonds. The van der Waals surface area contributed by atoms with Crippen molar-refractivity contribution >= 4 is 16.9 Å². The number of aliphatic carboxylic acids is 1. The molecule has 1 aromatic heterocycles. The van der Waals surface area contributed by atoms with E-state index in [1.807, 2.05) is 6.07 Å². The third-order valence-electron chi connectivity index (χ3n) is 6.55. The molecule has 0 bridgehead atoms. The van der Waals surface area contributed by atoms with E-state index in [9.17, 15) is 14.8 Å². The maximum absolute atomic E-state index is 11.5. The van der Waals surface area contributed by atoms with Gasteiger partial charge in [-0.15, -0.1) is 4.91 Å². The number of benzene rings is 1. The van der Waals surface area contributed by atoms with Crippen molar-refractivity contribution < 1.29 is 9.90 Å². The average molecular weight is 355 g/mol. The van der Waals surface area contributed by atoms with Gasteiger partial charge in [-0.2, -0.15) is 0 Å². The summed E-state index contributed by atoms with van der Waals surface area (Å²) in [4.78, 5) is 28.8. The fourth-order valence-corrected chi connectivity index (χ4v) is 5.28. The Hall–Kier alpha value is -2.21. The molecule has 1 saturated heterocycles. The van der Waals surface area contributed by atoms with Gasteiger partial charge >= 0.3 is 5.97 Å². The summed E-state index contributed by atoms with van der Waals surface area (Å²) in [5.74, 6) is -1.11. The zero-order chi connectivity index (χ0) is 18.3. The number of nitrogens with one attached hydrogen (secondary N) is 1. The highest BCUT2D eigenvalue weighted by atomic mass is 16.4. The number of carboxylic acids is 1. The Kier molecular flexibility index (Phi) is 4.31. The summed E-state index contributed by atoms with van der Waals surface area (Å²) in [7, 11) is 0.